The van der Waals surface area contributed by atoms with Gasteiger partial charge in [-0.2, -0.15) is 0 Å². The lowest BCUT2D eigenvalue weighted by Gasteiger charge is -2.34. The molecule has 0 aliphatic carbocycles. The van der Waals surface area contributed by atoms with E-state index >= 15 is 0 Å². The van der Waals surface area contributed by atoms with Crippen molar-refractivity contribution in [3.05, 3.63) is 29.3 Å². The second kappa shape index (κ2) is 5.53. The second-order valence-electron chi connectivity index (χ2n) is 4.27. The molecule has 0 spiro atoms. The van der Waals surface area contributed by atoms with Gasteiger partial charge in [0.15, 0.2) is 0 Å². The Hall–Kier alpha value is -0.770. The Bertz CT molecular complexity index is 344. The lowest BCUT2D eigenvalue weighted by Crippen LogP contribution is -2.37. The molecule has 1 saturated heterocycles. The van der Waals surface area contributed by atoms with Gasteiger partial charge in [-0.1, -0.05) is 17.7 Å². The van der Waals surface area contributed by atoms with Gasteiger partial charge in [-0.15, -0.1) is 0 Å². The SMILES string of the molecule is NOCC1CCCN(c2cccc(Cl)c2)C1. The predicted octanol–water partition coefficient (Wildman–Crippen LogP) is 2.45. The van der Waals surface area contributed by atoms with E-state index in [0.717, 1.165) is 18.1 Å². The first kappa shape index (κ1) is 11.7. The van der Waals surface area contributed by atoms with Crippen molar-refractivity contribution in [2.24, 2.45) is 11.8 Å². The number of hydrogen-bond donors (Lipinski definition) is 1. The molecule has 2 rings (SSSR count). The van der Waals surface area contributed by atoms with E-state index in [9.17, 15) is 0 Å². The Morgan fingerprint density at radius 1 is 1.50 bits per heavy atom. The number of nitrogens with zero attached hydrogens (tertiary/aromatic N) is 1. The van der Waals surface area contributed by atoms with Crippen LogP contribution in [0.1, 0.15) is 12.8 Å². The Morgan fingerprint density at radius 3 is 3.12 bits per heavy atom. The highest BCUT2D eigenvalue weighted by molar-refractivity contribution is 6.30. The molecule has 0 aromatic heterocycles. The third kappa shape index (κ3) is 2.88. The summed E-state index contributed by atoms with van der Waals surface area (Å²) in [6.45, 7) is 2.72. The maximum Gasteiger partial charge on any atom is 0.0724 e. The number of hydrogen-bond acceptors (Lipinski definition) is 3. The van der Waals surface area contributed by atoms with Crippen LogP contribution >= 0.6 is 11.6 Å². The molecule has 0 bridgehead atoms. The first-order chi connectivity index (χ1) is 7.79. The topological polar surface area (TPSA) is 38.5 Å². The van der Waals surface area contributed by atoms with Crippen LogP contribution in [0.5, 0.6) is 0 Å². The van der Waals surface area contributed by atoms with E-state index in [2.05, 4.69) is 11.0 Å². The minimum Gasteiger partial charge on any atom is -0.371 e. The number of anilines is 1. The molecule has 16 heavy (non-hydrogen) atoms. The zero-order valence-corrected chi connectivity index (χ0v) is 9.99. The molecular weight excluding hydrogens is 224 g/mol. The van der Waals surface area contributed by atoms with Gasteiger partial charge in [0.1, 0.15) is 0 Å². The molecule has 0 radical (unpaired) electrons. The minimum absolute atomic E-state index is 0.526. The summed E-state index contributed by atoms with van der Waals surface area (Å²) in [5, 5.41) is 0.787. The fraction of sp³-hybridized carbons (Fsp3) is 0.500. The number of nitrogens with two attached hydrogens (primary N) is 1. The molecule has 88 valence electrons. The number of halogens is 1. The van der Waals surface area contributed by atoms with E-state index in [0.29, 0.717) is 12.5 Å². The smallest absolute Gasteiger partial charge is 0.0724 e. The lowest BCUT2D eigenvalue weighted by atomic mass is 9.98. The van der Waals surface area contributed by atoms with Crippen molar-refractivity contribution < 1.29 is 4.84 Å². The normalized spacial score (nSPS) is 21.1. The summed E-state index contributed by atoms with van der Waals surface area (Å²) < 4.78 is 0. The number of benzene rings is 1. The molecule has 1 aromatic carbocycles. The molecule has 0 saturated carbocycles. The van der Waals surface area contributed by atoms with Crippen LogP contribution in [0.2, 0.25) is 5.02 Å². The van der Waals surface area contributed by atoms with Crippen LogP contribution in [0, 0.1) is 5.92 Å². The maximum absolute atomic E-state index is 5.99. The fourth-order valence-corrected chi connectivity index (χ4v) is 2.43. The van der Waals surface area contributed by atoms with Gasteiger partial charge in [0, 0.05) is 29.7 Å². The quantitative estimate of drug-likeness (QED) is 0.825. The molecule has 2 N–H and O–H groups in total. The van der Waals surface area contributed by atoms with Crippen LogP contribution in [0.15, 0.2) is 24.3 Å². The molecule has 0 amide bonds. The summed E-state index contributed by atoms with van der Waals surface area (Å²) in [7, 11) is 0. The molecule has 1 heterocycles. The van der Waals surface area contributed by atoms with Gasteiger partial charge in [-0.25, -0.2) is 5.90 Å². The zero-order valence-electron chi connectivity index (χ0n) is 9.23. The van der Waals surface area contributed by atoms with E-state index in [4.69, 9.17) is 22.3 Å². The zero-order chi connectivity index (χ0) is 11.4. The van der Waals surface area contributed by atoms with Crippen LogP contribution in [-0.2, 0) is 4.84 Å². The van der Waals surface area contributed by atoms with Crippen molar-refractivity contribution >= 4 is 17.3 Å². The first-order valence-electron chi connectivity index (χ1n) is 5.62. The van der Waals surface area contributed by atoms with Crippen LogP contribution in [-0.4, -0.2) is 19.7 Å². The van der Waals surface area contributed by atoms with Gasteiger partial charge in [0.05, 0.1) is 6.61 Å². The van der Waals surface area contributed by atoms with Gasteiger partial charge in [0.2, 0.25) is 0 Å². The number of rotatable bonds is 3. The second-order valence-corrected chi connectivity index (χ2v) is 4.70. The monoisotopic (exact) mass is 240 g/mol. The van der Waals surface area contributed by atoms with Crippen LogP contribution in [0.25, 0.3) is 0 Å². The molecule has 1 unspecified atom stereocenters. The average Bonchev–Trinajstić information content (AvgIpc) is 2.30. The summed E-state index contributed by atoms with van der Waals surface area (Å²) in [6, 6.07) is 7.99. The third-order valence-corrected chi connectivity index (χ3v) is 3.26. The Kier molecular flexibility index (Phi) is 4.04. The van der Waals surface area contributed by atoms with Crippen molar-refractivity contribution in [2.45, 2.75) is 12.8 Å². The predicted molar refractivity (Wildman–Crippen MR) is 66.5 cm³/mol. The van der Waals surface area contributed by atoms with E-state index in [1.54, 1.807) is 0 Å². The van der Waals surface area contributed by atoms with Crippen LogP contribution in [0.4, 0.5) is 5.69 Å². The lowest BCUT2D eigenvalue weighted by molar-refractivity contribution is 0.0951. The summed E-state index contributed by atoms with van der Waals surface area (Å²) in [5.41, 5.74) is 1.19. The molecule has 1 atom stereocenters. The van der Waals surface area contributed by atoms with Crippen molar-refractivity contribution in [1.29, 1.82) is 0 Å². The molecule has 1 aliphatic rings. The standard InChI is InChI=1S/C12H17ClN2O/c13-11-4-1-5-12(7-11)15-6-2-3-10(8-15)9-16-14/h1,4-5,7,10H,2-3,6,8-9,14H2. The first-order valence-corrected chi connectivity index (χ1v) is 5.99. The minimum atomic E-state index is 0.526. The van der Waals surface area contributed by atoms with Crippen molar-refractivity contribution in [2.75, 3.05) is 24.6 Å². The summed E-state index contributed by atoms with van der Waals surface area (Å²) in [5.74, 6) is 5.65. The van der Waals surface area contributed by atoms with E-state index in [1.165, 1.54) is 18.5 Å². The van der Waals surface area contributed by atoms with Crippen LogP contribution in [0.3, 0.4) is 0 Å². The molecule has 3 nitrogen and oxygen atoms in total. The molecule has 1 aliphatic heterocycles. The van der Waals surface area contributed by atoms with E-state index < -0.39 is 0 Å². The van der Waals surface area contributed by atoms with Crippen LogP contribution < -0.4 is 10.8 Å². The number of piperidine rings is 1. The van der Waals surface area contributed by atoms with E-state index in [1.807, 2.05) is 18.2 Å². The van der Waals surface area contributed by atoms with Gasteiger partial charge in [0.25, 0.3) is 0 Å². The Labute approximate surface area is 101 Å². The molecule has 1 fully saturated rings. The fourth-order valence-electron chi connectivity index (χ4n) is 2.24. The van der Waals surface area contributed by atoms with Crippen molar-refractivity contribution in [1.82, 2.24) is 0 Å². The molecular formula is C12H17ClN2O. The highest BCUT2D eigenvalue weighted by Crippen LogP contribution is 2.25. The average molecular weight is 241 g/mol. The van der Waals surface area contributed by atoms with Gasteiger partial charge in [-0.05, 0) is 31.0 Å². The third-order valence-electron chi connectivity index (χ3n) is 3.02. The highest BCUT2D eigenvalue weighted by Gasteiger charge is 2.20. The van der Waals surface area contributed by atoms with Gasteiger partial charge < -0.3 is 9.74 Å². The summed E-state index contributed by atoms with van der Waals surface area (Å²) in [4.78, 5) is 7.08. The van der Waals surface area contributed by atoms with Gasteiger partial charge >= 0.3 is 0 Å². The Morgan fingerprint density at radius 2 is 2.38 bits per heavy atom. The summed E-state index contributed by atoms with van der Waals surface area (Å²) >= 11 is 5.99. The Balaban J connectivity index is 2.03. The van der Waals surface area contributed by atoms with Crippen molar-refractivity contribution in [3.8, 4) is 0 Å². The highest BCUT2D eigenvalue weighted by atomic mass is 35.5. The van der Waals surface area contributed by atoms with Crippen molar-refractivity contribution in [3.63, 3.8) is 0 Å². The van der Waals surface area contributed by atoms with Gasteiger partial charge in [-0.3, -0.25) is 0 Å². The van der Waals surface area contributed by atoms with E-state index in [-0.39, 0.29) is 0 Å². The molecule has 4 heteroatoms. The summed E-state index contributed by atoms with van der Waals surface area (Å²) in [6.07, 6.45) is 2.37. The maximum atomic E-state index is 5.99. The molecule has 1 aromatic rings. The largest absolute Gasteiger partial charge is 0.371 e.